The average Bonchev–Trinajstić information content (AvgIpc) is 3.13. The fraction of sp³-hybridized carbons (Fsp3) is 0.467. The van der Waals surface area contributed by atoms with Crippen LogP contribution < -0.4 is 10.6 Å². The molecule has 2 rings (SSSR count). The molecule has 21 heavy (non-hydrogen) atoms. The fourth-order valence-corrected chi connectivity index (χ4v) is 1.83. The van der Waals surface area contributed by atoms with Crippen LogP contribution in [-0.4, -0.2) is 24.7 Å². The Balaban J connectivity index is 1.74. The first kappa shape index (κ1) is 15.2. The summed E-state index contributed by atoms with van der Waals surface area (Å²) < 4.78 is 10.6. The standard InChI is InChI=1S/C15H22N4O2/c1-11(2)14-9-13(21-19-14)10-18-15(16-3)17-7-6-12-5-4-8-20-12/h4-5,8-9,11H,6-7,10H2,1-3H3,(H2,16,17,18). The molecule has 0 fully saturated rings. The smallest absolute Gasteiger partial charge is 0.191 e. The highest BCUT2D eigenvalue weighted by molar-refractivity contribution is 5.79. The van der Waals surface area contributed by atoms with E-state index in [9.17, 15) is 0 Å². The van der Waals surface area contributed by atoms with E-state index < -0.39 is 0 Å². The van der Waals surface area contributed by atoms with Crippen LogP contribution >= 0.6 is 0 Å². The lowest BCUT2D eigenvalue weighted by atomic mass is 10.1. The minimum absolute atomic E-state index is 0.369. The van der Waals surface area contributed by atoms with Crippen molar-refractivity contribution >= 4 is 5.96 Å². The summed E-state index contributed by atoms with van der Waals surface area (Å²) in [6.07, 6.45) is 2.49. The molecule has 0 aliphatic rings. The van der Waals surface area contributed by atoms with Gasteiger partial charge < -0.3 is 19.6 Å². The molecule has 2 heterocycles. The lowest BCUT2D eigenvalue weighted by molar-refractivity contribution is 0.372. The van der Waals surface area contributed by atoms with Crippen molar-refractivity contribution in [2.75, 3.05) is 13.6 Å². The zero-order valence-corrected chi connectivity index (χ0v) is 12.7. The summed E-state index contributed by atoms with van der Waals surface area (Å²) in [7, 11) is 1.74. The summed E-state index contributed by atoms with van der Waals surface area (Å²) in [5.41, 5.74) is 0.965. The van der Waals surface area contributed by atoms with Gasteiger partial charge in [0, 0.05) is 26.1 Å². The number of rotatable bonds is 6. The molecule has 0 saturated heterocycles. The molecule has 6 heteroatoms. The first-order valence-electron chi connectivity index (χ1n) is 7.11. The third kappa shape index (κ3) is 4.66. The number of nitrogens with zero attached hydrogens (tertiary/aromatic N) is 2. The molecule has 0 radical (unpaired) electrons. The van der Waals surface area contributed by atoms with Gasteiger partial charge in [0.1, 0.15) is 5.76 Å². The minimum atomic E-state index is 0.369. The Morgan fingerprint density at radius 2 is 2.19 bits per heavy atom. The molecular weight excluding hydrogens is 268 g/mol. The van der Waals surface area contributed by atoms with E-state index in [2.05, 4.69) is 34.6 Å². The van der Waals surface area contributed by atoms with Crippen LogP contribution in [0.4, 0.5) is 0 Å². The van der Waals surface area contributed by atoms with Crippen molar-refractivity contribution in [2.45, 2.75) is 32.7 Å². The number of nitrogens with one attached hydrogen (secondary N) is 2. The molecular formula is C15H22N4O2. The summed E-state index contributed by atoms with van der Waals surface area (Å²) in [4.78, 5) is 4.17. The van der Waals surface area contributed by atoms with Gasteiger partial charge in [0.25, 0.3) is 0 Å². The lowest BCUT2D eigenvalue weighted by Gasteiger charge is -2.09. The van der Waals surface area contributed by atoms with E-state index in [-0.39, 0.29) is 0 Å². The van der Waals surface area contributed by atoms with Crippen molar-refractivity contribution < 1.29 is 8.94 Å². The number of hydrogen-bond acceptors (Lipinski definition) is 4. The van der Waals surface area contributed by atoms with Crippen LogP contribution in [0.25, 0.3) is 0 Å². The average molecular weight is 290 g/mol. The molecule has 114 valence electrons. The normalized spacial score (nSPS) is 11.9. The van der Waals surface area contributed by atoms with E-state index in [0.717, 1.165) is 36.1 Å². The molecule has 0 aliphatic heterocycles. The third-order valence-electron chi connectivity index (χ3n) is 3.07. The van der Waals surface area contributed by atoms with E-state index >= 15 is 0 Å². The second-order valence-electron chi connectivity index (χ2n) is 5.05. The zero-order valence-electron chi connectivity index (χ0n) is 12.7. The van der Waals surface area contributed by atoms with Gasteiger partial charge >= 0.3 is 0 Å². The van der Waals surface area contributed by atoms with Crippen molar-refractivity contribution in [3.8, 4) is 0 Å². The number of aromatic nitrogens is 1. The molecule has 0 bridgehead atoms. The van der Waals surface area contributed by atoms with Gasteiger partial charge in [-0.05, 0) is 18.1 Å². The van der Waals surface area contributed by atoms with Gasteiger partial charge in [-0.1, -0.05) is 19.0 Å². The highest BCUT2D eigenvalue weighted by Gasteiger charge is 2.08. The van der Waals surface area contributed by atoms with Crippen LogP contribution in [0.2, 0.25) is 0 Å². The Kier molecular flexibility index (Phi) is 5.43. The second kappa shape index (κ2) is 7.52. The predicted octanol–water partition coefficient (Wildman–Crippen LogP) is 2.30. The second-order valence-corrected chi connectivity index (χ2v) is 5.05. The predicted molar refractivity (Wildman–Crippen MR) is 81.2 cm³/mol. The van der Waals surface area contributed by atoms with Gasteiger partial charge in [0.2, 0.25) is 0 Å². The highest BCUT2D eigenvalue weighted by Crippen LogP contribution is 2.13. The van der Waals surface area contributed by atoms with Crippen LogP contribution in [0.5, 0.6) is 0 Å². The maximum absolute atomic E-state index is 5.28. The van der Waals surface area contributed by atoms with Gasteiger partial charge in [-0.2, -0.15) is 0 Å². The first-order valence-corrected chi connectivity index (χ1v) is 7.11. The zero-order chi connectivity index (χ0) is 15.1. The van der Waals surface area contributed by atoms with E-state index in [1.165, 1.54) is 0 Å². The SMILES string of the molecule is CN=C(NCCc1ccco1)NCc1cc(C(C)C)no1. The molecule has 0 spiro atoms. The Morgan fingerprint density at radius 1 is 1.33 bits per heavy atom. The van der Waals surface area contributed by atoms with Crippen LogP contribution in [0.1, 0.15) is 37.0 Å². The van der Waals surface area contributed by atoms with Crippen LogP contribution in [0.3, 0.4) is 0 Å². The van der Waals surface area contributed by atoms with Crippen molar-refractivity contribution in [3.05, 3.63) is 41.7 Å². The molecule has 0 aliphatic carbocycles. The summed E-state index contributed by atoms with van der Waals surface area (Å²) in [5.74, 6) is 2.85. The van der Waals surface area contributed by atoms with E-state index in [1.807, 2.05) is 18.2 Å². The maximum Gasteiger partial charge on any atom is 0.191 e. The summed E-state index contributed by atoms with van der Waals surface area (Å²) in [5, 5.41) is 10.4. The third-order valence-corrected chi connectivity index (χ3v) is 3.07. The van der Waals surface area contributed by atoms with Gasteiger partial charge in [0.05, 0.1) is 18.5 Å². The topological polar surface area (TPSA) is 75.6 Å². The Hall–Kier alpha value is -2.24. The van der Waals surface area contributed by atoms with Crippen LogP contribution in [0.15, 0.2) is 38.4 Å². The van der Waals surface area contributed by atoms with E-state index in [1.54, 1.807) is 13.3 Å². The van der Waals surface area contributed by atoms with Gasteiger partial charge in [-0.3, -0.25) is 4.99 Å². The molecule has 0 amide bonds. The molecule has 0 atom stereocenters. The van der Waals surface area contributed by atoms with Crippen LogP contribution in [-0.2, 0) is 13.0 Å². The number of hydrogen-bond donors (Lipinski definition) is 2. The van der Waals surface area contributed by atoms with Crippen molar-refractivity contribution in [3.63, 3.8) is 0 Å². The summed E-state index contributed by atoms with van der Waals surface area (Å²) in [6, 6.07) is 5.81. The number of furan rings is 1. The first-order chi connectivity index (χ1) is 10.2. The monoisotopic (exact) mass is 290 g/mol. The summed E-state index contributed by atoms with van der Waals surface area (Å²) >= 11 is 0. The van der Waals surface area contributed by atoms with E-state index in [0.29, 0.717) is 12.5 Å². The van der Waals surface area contributed by atoms with Gasteiger partial charge in [0.15, 0.2) is 11.7 Å². The largest absolute Gasteiger partial charge is 0.469 e. The number of guanidine groups is 1. The lowest BCUT2D eigenvalue weighted by Crippen LogP contribution is -2.37. The number of aliphatic imine (C=N–C) groups is 1. The minimum Gasteiger partial charge on any atom is -0.469 e. The van der Waals surface area contributed by atoms with Crippen LogP contribution in [0, 0.1) is 0 Å². The van der Waals surface area contributed by atoms with Crippen molar-refractivity contribution in [1.29, 1.82) is 0 Å². The van der Waals surface area contributed by atoms with Crippen molar-refractivity contribution in [2.24, 2.45) is 4.99 Å². The summed E-state index contributed by atoms with van der Waals surface area (Å²) in [6.45, 7) is 5.48. The molecule has 2 aromatic heterocycles. The molecule has 0 saturated carbocycles. The maximum atomic E-state index is 5.28. The Bertz CT molecular complexity index is 558. The van der Waals surface area contributed by atoms with Crippen molar-refractivity contribution in [1.82, 2.24) is 15.8 Å². The quantitative estimate of drug-likeness (QED) is 0.630. The molecule has 2 N–H and O–H groups in total. The highest BCUT2D eigenvalue weighted by atomic mass is 16.5. The fourth-order valence-electron chi connectivity index (χ4n) is 1.83. The van der Waals surface area contributed by atoms with Gasteiger partial charge in [-0.25, -0.2) is 0 Å². The Morgan fingerprint density at radius 3 is 2.81 bits per heavy atom. The van der Waals surface area contributed by atoms with Gasteiger partial charge in [-0.15, -0.1) is 0 Å². The van der Waals surface area contributed by atoms with E-state index in [4.69, 9.17) is 8.94 Å². The molecule has 0 aromatic carbocycles. The molecule has 6 nitrogen and oxygen atoms in total. The molecule has 2 aromatic rings. The Labute approximate surface area is 124 Å². The molecule has 0 unspecified atom stereocenters.